The van der Waals surface area contributed by atoms with Crippen LogP contribution in [0.1, 0.15) is 5.82 Å². The van der Waals surface area contributed by atoms with E-state index in [9.17, 15) is 10.1 Å². The van der Waals surface area contributed by atoms with Crippen LogP contribution in [0.2, 0.25) is 10.2 Å². The Kier molecular flexibility index (Phi) is 4.89. The highest BCUT2D eigenvalue weighted by Crippen LogP contribution is 2.32. The smallest absolute Gasteiger partial charge is 0.273 e. The van der Waals surface area contributed by atoms with E-state index in [4.69, 9.17) is 32.7 Å². The van der Waals surface area contributed by atoms with Gasteiger partial charge in [0.05, 0.1) is 16.0 Å². The lowest BCUT2D eigenvalue weighted by Gasteiger charge is -2.08. The van der Waals surface area contributed by atoms with Gasteiger partial charge in [-0.2, -0.15) is 4.98 Å². The molecule has 0 spiro atoms. The van der Waals surface area contributed by atoms with Crippen LogP contribution in [-0.2, 0) is 11.3 Å². The highest BCUT2D eigenvalue weighted by molar-refractivity contribution is 6.32. The number of rotatable bonds is 5. The summed E-state index contributed by atoms with van der Waals surface area (Å²) in [5.74, 6) is 0.537. The summed E-state index contributed by atoms with van der Waals surface area (Å²) in [6.45, 7) is 0.152. The average molecular weight is 330 g/mol. The van der Waals surface area contributed by atoms with Crippen molar-refractivity contribution in [2.24, 2.45) is 0 Å². The van der Waals surface area contributed by atoms with Crippen molar-refractivity contribution in [3.05, 3.63) is 50.4 Å². The number of methoxy groups -OCH3 is 1. The highest BCUT2D eigenvalue weighted by atomic mass is 35.5. The van der Waals surface area contributed by atoms with Crippen molar-refractivity contribution in [1.29, 1.82) is 0 Å². The normalized spacial score (nSPS) is 10.4. The fraction of sp³-hybridized carbons (Fsp3) is 0.167. The molecule has 1 aromatic heterocycles. The quantitative estimate of drug-likeness (QED) is 0.473. The monoisotopic (exact) mass is 329 g/mol. The van der Waals surface area contributed by atoms with E-state index in [2.05, 4.69) is 9.97 Å². The molecule has 0 N–H and O–H groups in total. The molecule has 0 amide bonds. The Bertz CT molecular complexity index is 682. The third-order valence-electron chi connectivity index (χ3n) is 2.33. The minimum Gasteiger partial charge on any atom is -0.437 e. The van der Waals surface area contributed by atoms with Gasteiger partial charge in [-0.05, 0) is 6.07 Å². The molecular formula is C12H9Cl2N3O4. The molecule has 0 aliphatic carbocycles. The molecule has 0 bridgehead atoms. The first kappa shape index (κ1) is 15.4. The Morgan fingerprint density at radius 2 is 2.05 bits per heavy atom. The van der Waals surface area contributed by atoms with E-state index in [0.29, 0.717) is 5.82 Å². The summed E-state index contributed by atoms with van der Waals surface area (Å²) in [7, 11) is 1.49. The van der Waals surface area contributed by atoms with Crippen LogP contribution >= 0.6 is 23.2 Å². The first-order chi connectivity index (χ1) is 9.99. The lowest BCUT2D eigenvalue weighted by Crippen LogP contribution is -1.99. The summed E-state index contributed by atoms with van der Waals surface area (Å²) in [6.07, 6.45) is 0. The molecule has 2 rings (SSSR count). The second-order valence-corrected chi connectivity index (χ2v) is 4.65. The maximum Gasteiger partial charge on any atom is 0.273 e. The van der Waals surface area contributed by atoms with Crippen LogP contribution in [-0.4, -0.2) is 22.0 Å². The van der Waals surface area contributed by atoms with Crippen molar-refractivity contribution in [1.82, 2.24) is 9.97 Å². The van der Waals surface area contributed by atoms with Crippen LogP contribution in [0.4, 0.5) is 5.69 Å². The second-order valence-electron chi connectivity index (χ2n) is 3.85. The number of nitro benzene ring substituents is 1. The zero-order valence-electron chi connectivity index (χ0n) is 10.7. The van der Waals surface area contributed by atoms with E-state index in [1.54, 1.807) is 0 Å². The minimum absolute atomic E-state index is 0.101. The topological polar surface area (TPSA) is 87.4 Å². The number of nitro groups is 1. The number of hydrogen-bond donors (Lipinski definition) is 0. The van der Waals surface area contributed by atoms with Crippen LogP contribution < -0.4 is 4.74 Å². The van der Waals surface area contributed by atoms with E-state index >= 15 is 0 Å². The standard InChI is InChI=1S/C12H9Cl2N3O4/c1-20-6-11-15-10(14)5-12(16-11)21-9-4-7(17(18)19)2-3-8(9)13/h2-5H,6H2,1H3. The molecule has 7 nitrogen and oxygen atoms in total. The first-order valence-corrected chi connectivity index (χ1v) is 6.39. The van der Waals surface area contributed by atoms with Gasteiger partial charge in [0.2, 0.25) is 5.88 Å². The summed E-state index contributed by atoms with van der Waals surface area (Å²) < 4.78 is 10.3. The molecule has 0 saturated heterocycles. The predicted molar refractivity (Wildman–Crippen MR) is 75.9 cm³/mol. The van der Waals surface area contributed by atoms with Crippen molar-refractivity contribution in [3.8, 4) is 11.6 Å². The average Bonchev–Trinajstić information content (AvgIpc) is 2.40. The van der Waals surface area contributed by atoms with Crippen LogP contribution in [0.15, 0.2) is 24.3 Å². The van der Waals surface area contributed by atoms with Gasteiger partial charge in [-0.25, -0.2) is 4.98 Å². The maximum absolute atomic E-state index is 10.8. The third kappa shape index (κ3) is 4.01. The molecule has 2 aromatic rings. The summed E-state index contributed by atoms with van der Waals surface area (Å²) in [6, 6.07) is 5.22. The Hall–Kier alpha value is -1.96. The van der Waals surface area contributed by atoms with Gasteiger partial charge in [0, 0.05) is 19.2 Å². The fourth-order valence-corrected chi connectivity index (χ4v) is 1.83. The van der Waals surface area contributed by atoms with Gasteiger partial charge < -0.3 is 9.47 Å². The van der Waals surface area contributed by atoms with E-state index in [0.717, 1.165) is 0 Å². The van der Waals surface area contributed by atoms with Gasteiger partial charge in [-0.1, -0.05) is 23.2 Å². The molecule has 0 unspecified atom stereocenters. The van der Waals surface area contributed by atoms with Crippen molar-refractivity contribution in [2.45, 2.75) is 6.61 Å². The van der Waals surface area contributed by atoms with Gasteiger partial charge in [0.1, 0.15) is 11.8 Å². The summed E-state index contributed by atoms with van der Waals surface area (Å²) >= 11 is 11.8. The van der Waals surface area contributed by atoms with Gasteiger partial charge in [-0.15, -0.1) is 0 Å². The van der Waals surface area contributed by atoms with E-state index in [1.807, 2.05) is 0 Å². The molecule has 21 heavy (non-hydrogen) atoms. The van der Waals surface area contributed by atoms with E-state index in [1.165, 1.54) is 31.4 Å². The molecule has 0 atom stereocenters. The van der Waals surface area contributed by atoms with Crippen LogP contribution in [0, 0.1) is 10.1 Å². The molecule has 1 aromatic carbocycles. The van der Waals surface area contributed by atoms with E-state index < -0.39 is 4.92 Å². The SMILES string of the molecule is COCc1nc(Cl)cc(Oc2cc([N+](=O)[O-])ccc2Cl)n1. The molecule has 0 saturated carbocycles. The van der Waals surface area contributed by atoms with Crippen molar-refractivity contribution < 1.29 is 14.4 Å². The molecule has 1 heterocycles. The molecule has 0 fully saturated rings. The van der Waals surface area contributed by atoms with Gasteiger partial charge in [0.15, 0.2) is 11.6 Å². The fourth-order valence-electron chi connectivity index (χ4n) is 1.48. The summed E-state index contributed by atoms with van der Waals surface area (Å²) in [4.78, 5) is 18.2. The first-order valence-electron chi connectivity index (χ1n) is 5.64. The molecular weight excluding hydrogens is 321 g/mol. The Labute approximate surface area is 129 Å². The molecule has 0 aliphatic rings. The highest BCUT2D eigenvalue weighted by Gasteiger charge is 2.13. The number of non-ortho nitro benzene ring substituents is 1. The Morgan fingerprint density at radius 1 is 1.29 bits per heavy atom. The maximum atomic E-state index is 10.8. The Morgan fingerprint density at radius 3 is 2.71 bits per heavy atom. The van der Waals surface area contributed by atoms with E-state index in [-0.39, 0.29) is 34.1 Å². The lowest BCUT2D eigenvalue weighted by molar-refractivity contribution is -0.384. The van der Waals surface area contributed by atoms with Crippen molar-refractivity contribution in [3.63, 3.8) is 0 Å². The lowest BCUT2D eigenvalue weighted by atomic mass is 10.3. The van der Waals surface area contributed by atoms with Crippen LogP contribution in [0.5, 0.6) is 11.6 Å². The van der Waals surface area contributed by atoms with Crippen LogP contribution in [0.3, 0.4) is 0 Å². The largest absolute Gasteiger partial charge is 0.437 e. The van der Waals surface area contributed by atoms with Crippen molar-refractivity contribution >= 4 is 28.9 Å². The zero-order chi connectivity index (χ0) is 15.4. The molecule has 110 valence electrons. The van der Waals surface area contributed by atoms with Gasteiger partial charge >= 0.3 is 0 Å². The van der Waals surface area contributed by atoms with Crippen molar-refractivity contribution in [2.75, 3.05) is 7.11 Å². The second kappa shape index (κ2) is 6.66. The number of benzene rings is 1. The molecule has 0 aliphatic heterocycles. The number of aromatic nitrogens is 2. The number of hydrogen-bond acceptors (Lipinski definition) is 6. The van der Waals surface area contributed by atoms with Crippen LogP contribution in [0.25, 0.3) is 0 Å². The summed E-state index contributed by atoms with van der Waals surface area (Å²) in [5, 5.41) is 11.1. The number of halogens is 2. The predicted octanol–water partition coefficient (Wildman–Crippen LogP) is 3.63. The minimum atomic E-state index is -0.549. The molecule has 0 radical (unpaired) electrons. The number of nitrogens with zero attached hydrogens (tertiary/aromatic N) is 3. The molecule has 9 heteroatoms. The Balaban J connectivity index is 2.33. The van der Waals surface area contributed by atoms with Gasteiger partial charge in [-0.3, -0.25) is 10.1 Å². The van der Waals surface area contributed by atoms with Gasteiger partial charge in [0.25, 0.3) is 5.69 Å². The summed E-state index contributed by atoms with van der Waals surface area (Å²) in [5.41, 5.74) is -0.147. The number of ether oxygens (including phenoxy) is 2. The third-order valence-corrected chi connectivity index (χ3v) is 2.84. The zero-order valence-corrected chi connectivity index (χ0v) is 12.3.